The number of aryl methyl sites for hydroxylation is 1. The maximum absolute atomic E-state index is 11.4. The van der Waals surface area contributed by atoms with Crippen molar-refractivity contribution in [2.75, 3.05) is 30.4 Å². The highest BCUT2D eigenvalue weighted by Gasteiger charge is 2.25. The summed E-state index contributed by atoms with van der Waals surface area (Å²) in [5.74, 6) is 0.676. The van der Waals surface area contributed by atoms with Crippen LogP contribution < -0.4 is 11.1 Å². The van der Waals surface area contributed by atoms with E-state index < -0.39 is 10.0 Å². The molecule has 1 aromatic heterocycles. The number of nitrogen functional groups attached to an aromatic ring is 1. The van der Waals surface area contributed by atoms with Gasteiger partial charge in [-0.2, -0.15) is 5.10 Å². The van der Waals surface area contributed by atoms with E-state index in [1.807, 2.05) is 7.05 Å². The average Bonchev–Trinajstić information content (AvgIpc) is 2.57. The van der Waals surface area contributed by atoms with Gasteiger partial charge in [0, 0.05) is 32.4 Å². The molecule has 0 spiro atoms. The van der Waals surface area contributed by atoms with E-state index in [1.54, 1.807) is 10.9 Å². The zero-order valence-corrected chi connectivity index (χ0v) is 11.4. The molecule has 0 aromatic carbocycles. The summed E-state index contributed by atoms with van der Waals surface area (Å²) in [6.07, 6.45) is 4.53. The predicted octanol–water partition coefficient (Wildman–Crippen LogP) is -0.162. The third-order valence-corrected chi connectivity index (χ3v) is 4.42. The second kappa shape index (κ2) is 4.77. The Kier molecular flexibility index (Phi) is 3.49. The molecule has 1 fully saturated rings. The smallest absolute Gasteiger partial charge is 0.211 e. The summed E-state index contributed by atoms with van der Waals surface area (Å²) in [4.78, 5) is 0. The summed E-state index contributed by atoms with van der Waals surface area (Å²) in [6, 6.07) is 0.222. The van der Waals surface area contributed by atoms with Crippen molar-refractivity contribution in [2.24, 2.45) is 7.05 Å². The van der Waals surface area contributed by atoms with E-state index in [2.05, 4.69) is 10.4 Å². The lowest BCUT2D eigenvalue weighted by molar-refractivity contribution is 0.331. The van der Waals surface area contributed by atoms with Gasteiger partial charge in [0.2, 0.25) is 10.0 Å². The van der Waals surface area contributed by atoms with Crippen molar-refractivity contribution in [3.63, 3.8) is 0 Å². The van der Waals surface area contributed by atoms with Crippen molar-refractivity contribution >= 4 is 21.5 Å². The first-order chi connectivity index (χ1) is 8.36. The van der Waals surface area contributed by atoms with Crippen molar-refractivity contribution < 1.29 is 8.42 Å². The Morgan fingerprint density at radius 1 is 1.44 bits per heavy atom. The van der Waals surface area contributed by atoms with E-state index in [9.17, 15) is 8.42 Å². The highest BCUT2D eigenvalue weighted by atomic mass is 32.2. The fourth-order valence-electron chi connectivity index (χ4n) is 2.14. The molecule has 7 nitrogen and oxygen atoms in total. The van der Waals surface area contributed by atoms with Gasteiger partial charge in [-0.05, 0) is 12.8 Å². The van der Waals surface area contributed by atoms with Crippen LogP contribution in [0.1, 0.15) is 12.8 Å². The maximum Gasteiger partial charge on any atom is 0.211 e. The number of anilines is 2. The molecule has 1 saturated heterocycles. The fraction of sp³-hybridized carbons (Fsp3) is 0.700. The van der Waals surface area contributed by atoms with E-state index in [0.29, 0.717) is 24.6 Å². The normalized spacial score (nSPS) is 19.0. The molecule has 0 atom stereocenters. The molecule has 2 rings (SSSR count). The van der Waals surface area contributed by atoms with Crippen LogP contribution in [0.25, 0.3) is 0 Å². The Bertz CT molecular complexity index is 516. The number of piperidine rings is 1. The second-order valence-corrected chi connectivity index (χ2v) is 6.67. The number of sulfonamides is 1. The van der Waals surface area contributed by atoms with Crippen LogP contribution in [0, 0.1) is 0 Å². The van der Waals surface area contributed by atoms with Gasteiger partial charge in [0.1, 0.15) is 0 Å². The summed E-state index contributed by atoms with van der Waals surface area (Å²) < 4.78 is 25.9. The van der Waals surface area contributed by atoms with E-state index in [4.69, 9.17) is 5.73 Å². The predicted molar refractivity (Wildman–Crippen MR) is 70.7 cm³/mol. The zero-order valence-electron chi connectivity index (χ0n) is 10.6. The summed E-state index contributed by atoms with van der Waals surface area (Å²) in [7, 11) is -1.25. The molecule has 0 saturated carbocycles. The monoisotopic (exact) mass is 273 g/mol. The minimum absolute atomic E-state index is 0.222. The molecule has 1 aliphatic heterocycles. The molecular formula is C10H19N5O2S. The van der Waals surface area contributed by atoms with Crippen LogP contribution in [0.15, 0.2) is 6.20 Å². The van der Waals surface area contributed by atoms with Crippen molar-refractivity contribution in [2.45, 2.75) is 18.9 Å². The summed E-state index contributed by atoms with van der Waals surface area (Å²) in [5.41, 5.74) is 6.42. The molecule has 0 aliphatic carbocycles. The lowest BCUT2D eigenvalue weighted by Gasteiger charge is -2.30. The molecule has 0 radical (unpaired) electrons. The molecule has 0 bridgehead atoms. The number of nitrogens with two attached hydrogens (primary N) is 1. The third-order valence-electron chi connectivity index (χ3n) is 3.12. The Morgan fingerprint density at radius 2 is 2.06 bits per heavy atom. The van der Waals surface area contributed by atoms with Gasteiger partial charge < -0.3 is 11.1 Å². The van der Waals surface area contributed by atoms with Crippen LogP contribution in [-0.2, 0) is 17.1 Å². The molecule has 0 amide bonds. The molecule has 102 valence electrons. The van der Waals surface area contributed by atoms with Crippen molar-refractivity contribution in [1.29, 1.82) is 0 Å². The molecule has 0 unspecified atom stereocenters. The van der Waals surface area contributed by atoms with Gasteiger partial charge in [-0.1, -0.05) is 0 Å². The topological polar surface area (TPSA) is 93.2 Å². The largest absolute Gasteiger partial charge is 0.394 e. The van der Waals surface area contributed by atoms with E-state index in [0.717, 1.165) is 12.8 Å². The lowest BCUT2D eigenvalue weighted by atomic mass is 10.1. The summed E-state index contributed by atoms with van der Waals surface area (Å²) in [6.45, 7) is 1.09. The first-order valence-corrected chi connectivity index (χ1v) is 7.72. The zero-order chi connectivity index (χ0) is 13.3. The number of rotatable bonds is 3. The maximum atomic E-state index is 11.4. The standard InChI is InChI=1S/C10H19N5O2S/c1-14-7-9(11)10(13-14)12-8-3-5-15(6-4-8)18(2,16)17/h7-8H,3-6,11H2,1-2H3,(H,12,13). The molecule has 3 N–H and O–H groups in total. The van der Waals surface area contributed by atoms with Crippen molar-refractivity contribution in [3.8, 4) is 0 Å². The quantitative estimate of drug-likeness (QED) is 0.798. The lowest BCUT2D eigenvalue weighted by Crippen LogP contribution is -2.41. The van der Waals surface area contributed by atoms with Crippen LogP contribution in [0.5, 0.6) is 0 Å². The van der Waals surface area contributed by atoms with Gasteiger partial charge in [-0.25, -0.2) is 12.7 Å². The Hall–Kier alpha value is -1.28. The van der Waals surface area contributed by atoms with Crippen LogP contribution in [-0.4, -0.2) is 47.9 Å². The first kappa shape index (κ1) is 13.2. The fourth-order valence-corrected chi connectivity index (χ4v) is 3.02. The molecule has 1 aliphatic rings. The number of hydrogen-bond acceptors (Lipinski definition) is 5. The van der Waals surface area contributed by atoms with Crippen molar-refractivity contribution in [3.05, 3.63) is 6.20 Å². The van der Waals surface area contributed by atoms with Gasteiger partial charge in [0.15, 0.2) is 5.82 Å². The Morgan fingerprint density at radius 3 is 2.50 bits per heavy atom. The van der Waals surface area contributed by atoms with Gasteiger partial charge in [0.25, 0.3) is 0 Å². The summed E-state index contributed by atoms with van der Waals surface area (Å²) >= 11 is 0. The van der Waals surface area contributed by atoms with E-state index in [1.165, 1.54) is 10.6 Å². The Balaban J connectivity index is 1.93. The van der Waals surface area contributed by atoms with Crippen LogP contribution in [0.4, 0.5) is 11.5 Å². The van der Waals surface area contributed by atoms with Crippen LogP contribution in [0.3, 0.4) is 0 Å². The summed E-state index contributed by atoms with van der Waals surface area (Å²) in [5, 5.41) is 7.48. The Labute approximate surface area is 107 Å². The molecular weight excluding hydrogens is 254 g/mol. The number of nitrogens with zero attached hydrogens (tertiary/aromatic N) is 3. The van der Waals surface area contributed by atoms with Crippen LogP contribution in [0.2, 0.25) is 0 Å². The molecule has 1 aromatic rings. The van der Waals surface area contributed by atoms with Gasteiger partial charge >= 0.3 is 0 Å². The van der Waals surface area contributed by atoms with Gasteiger partial charge in [0.05, 0.1) is 11.9 Å². The SMILES string of the molecule is Cn1cc(N)c(NC2CCN(S(C)(=O)=O)CC2)n1. The number of aromatic nitrogens is 2. The minimum atomic E-state index is -3.07. The van der Waals surface area contributed by atoms with Crippen molar-refractivity contribution in [1.82, 2.24) is 14.1 Å². The average molecular weight is 273 g/mol. The number of nitrogens with one attached hydrogen (secondary N) is 1. The highest BCUT2D eigenvalue weighted by molar-refractivity contribution is 7.88. The van der Waals surface area contributed by atoms with Crippen LogP contribution >= 0.6 is 0 Å². The number of hydrogen-bond donors (Lipinski definition) is 2. The molecule has 2 heterocycles. The molecule has 18 heavy (non-hydrogen) atoms. The highest BCUT2D eigenvalue weighted by Crippen LogP contribution is 2.20. The van der Waals surface area contributed by atoms with Gasteiger partial charge in [-0.3, -0.25) is 4.68 Å². The minimum Gasteiger partial charge on any atom is -0.394 e. The second-order valence-electron chi connectivity index (χ2n) is 4.69. The third kappa shape index (κ3) is 2.94. The first-order valence-electron chi connectivity index (χ1n) is 5.87. The van der Waals surface area contributed by atoms with E-state index in [-0.39, 0.29) is 6.04 Å². The van der Waals surface area contributed by atoms with E-state index >= 15 is 0 Å². The molecule has 8 heteroatoms. The van der Waals surface area contributed by atoms with Gasteiger partial charge in [-0.15, -0.1) is 0 Å².